The fourth-order valence-corrected chi connectivity index (χ4v) is 3.80. The molecule has 1 fully saturated rings. The third-order valence-electron chi connectivity index (χ3n) is 4.42. The highest BCUT2D eigenvalue weighted by molar-refractivity contribution is 9.10. The lowest BCUT2D eigenvalue weighted by molar-refractivity contribution is 0.309. The van der Waals surface area contributed by atoms with Gasteiger partial charge in [0.2, 0.25) is 0 Å². The van der Waals surface area contributed by atoms with Crippen LogP contribution in [0.25, 0.3) is 10.8 Å². The number of halogens is 1. The summed E-state index contributed by atoms with van der Waals surface area (Å²) >= 11 is 3.64. The number of fused-ring (bicyclic) bond motifs is 1. The second kappa shape index (κ2) is 5.64. The average Bonchev–Trinajstić information content (AvgIpc) is 2.48. The van der Waals surface area contributed by atoms with Gasteiger partial charge in [0.1, 0.15) is 0 Å². The molecule has 0 aromatic heterocycles. The number of hydrogen-bond donors (Lipinski definition) is 1. The molecule has 2 aromatic carbocycles. The molecule has 1 aliphatic carbocycles. The lowest BCUT2D eigenvalue weighted by atomic mass is 9.80. The van der Waals surface area contributed by atoms with Gasteiger partial charge in [0.05, 0.1) is 0 Å². The molecule has 3 rings (SSSR count). The van der Waals surface area contributed by atoms with Crippen LogP contribution in [0, 0.1) is 5.92 Å². The molecule has 0 heterocycles. The van der Waals surface area contributed by atoms with Crippen LogP contribution in [0.2, 0.25) is 0 Å². The minimum atomic E-state index is 0.179. The maximum atomic E-state index is 6.57. The Morgan fingerprint density at radius 3 is 2.37 bits per heavy atom. The van der Waals surface area contributed by atoms with Crippen molar-refractivity contribution in [3.8, 4) is 0 Å². The fraction of sp³-hybridized carbons (Fsp3) is 0.412. The monoisotopic (exact) mass is 317 g/mol. The van der Waals surface area contributed by atoms with Gasteiger partial charge in [-0.2, -0.15) is 0 Å². The Morgan fingerprint density at radius 1 is 0.947 bits per heavy atom. The molecule has 1 nitrogen and oxygen atoms in total. The lowest BCUT2D eigenvalue weighted by Gasteiger charge is -2.28. The minimum absolute atomic E-state index is 0.179. The topological polar surface area (TPSA) is 26.0 Å². The van der Waals surface area contributed by atoms with E-state index in [1.54, 1.807) is 0 Å². The predicted molar refractivity (Wildman–Crippen MR) is 85.2 cm³/mol. The molecule has 100 valence electrons. The van der Waals surface area contributed by atoms with E-state index in [1.807, 2.05) is 0 Å². The summed E-state index contributed by atoms with van der Waals surface area (Å²) in [4.78, 5) is 0. The van der Waals surface area contributed by atoms with Gasteiger partial charge in [-0.25, -0.2) is 0 Å². The quantitative estimate of drug-likeness (QED) is 0.811. The van der Waals surface area contributed by atoms with Crippen LogP contribution in [-0.4, -0.2) is 0 Å². The van der Waals surface area contributed by atoms with Crippen LogP contribution >= 0.6 is 15.9 Å². The van der Waals surface area contributed by atoms with E-state index in [2.05, 4.69) is 52.3 Å². The summed E-state index contributed by atoms with van der Waals surface area (Å²) in [7, 11) is 0. The molecule has 2 aromatic rings. The molecule has 1 unspecified atom stereocenters. The summed E-state index contributed by atoms with van der Waals surface area (Å²) in [6, 6.07) is 13.1. The highest BCUT2D eigenvalue weighted by Crippen LogP contribution is 2.37. The molecule has 0 aliphatic heterocycles. The Labute approximate surface area is 123 Å². The standard InChI is InChI=1S/C17H20BrN/c18-16-11-10-15(13-8-4-5-9-14(13)16)17(19)12-6-2-1-3-7-12/h4-5,8-12,17H,1-3,6-7,19H2. The normalized spacial score (nSPS) is 18.6. The Balaban J connectivity index is 2.02. The van der Waals surface area contributed by atoms with Crippen molar-refractivity contribution < 1.29 is 0 Å². The summed E-state index contributed by atoms with van der Waals surface area (Å²) in [5, 5.41) is 2.57. The van der Waals surface area contributed by atoms with E-state index in [9.17, 15) is 0 Å². The first kappa shape index (κ1) is 13.1. The molecular formula is C17H20BrN. The lowest BCUT2D eigenvalue weighted by Crippen LogP contribution is -2.23. The van der Waals surface area contributed by atoms with Crippen molar-refractivity contribution in [1.82, 2.24) is 0 Å². The number of hydrogen-bond acceptors (Lipinski definition) is 1. The summed E-state index contributed by atoms with van der Waals surface area (Å²) in [6.45, 7) is 0. The van der Waals surface area contributed by atoms with Crippen molar-refractivity contribution in [2.24, 2.45) is 11.7 Å². The second-order valence-corrected chi connectivity index (χ2v) is 6.46. The zero-order valence-electron chi connectivity index (χ0n) is 11.1. The molecule has 2 N–H and O–H groups in total. The van der Waals surface area contributed by atoms with Gasteiger partial charge in [-0.15, -0.1) is 0 Å². The zero-order chi connectivity index (χ0) is 13.2. The first-order chi connectivity index (χ1) is 9.27. The van der Waals surface area contributed by atoms with Crippen LogP contribution in [0.15, 0.2) is 40.9 Å². The van der Waals surface area contributed by atoms with Crippen molar-refractivity contribution in [2.45, 2.75) is 38.1 Å². The number of nitrogens with two attached hydrogens (primary N) is 1. The first-order valence-electron chi connectivity index (χ1n) is 7.20. The molecule has 1 saturated carbocycles. The van der Waals surface area contributed by atoms with Crippen molar-refractivity contribution in [3.63, 3.8) is 0 Å². The van der Waals surface area contributed by atoms with Crippen molar-refractivity contribution >= 4 is 26.7 Å². The molecule has 0 radical (unpaired) electrons. The van der Waals surface area contributed by atoms with Gasteiger partial charge >= 0.3 is 0 Å². The highest BCUT2D eigenvalue weighted by atomic mass is 79.9. The molecule has 0 spiro atoms. The predicted octanol–water partition coefficient (Wildman–Crippen LogP) is 5.18. The van der Waals surface area contributed by atoms with Gasteiger partial charge in [0, 0.05) is 10.5 Å². The van der Waals surface area contributed by atoms with Gasteiger partial charge in [0.25, 0.3) is 0 Å². The van der Waals surface area contributed by atoms with Gasteiger partial charge < -0.3 is 5.73 Å². The SMILES string of the molecule is NC(c1ccc(Br)c2ccccc12)C1CCCCC1. The smallest absolute Gasteiger partial charge is 0.0329 e. The molecule has 1 aliphatic rings. The Hall–Kier alpha value is -0.860. The van der Waals surface area contributed by atoms with Gasteiger partial charge in [-0.3, -0.25) is 0 Å². The molecule has 1 atom stereocenters. The van der Waals surface area contributed by atoms with Crippen LogP contribution in [0.3, 0.4) is 0 Å². The van der Waals surface area contributed by atoms with E-state index in [0.717, 1.165) is 4.47 Å². The fourth-order valence-electron chi connectivity index (χ4n) is 3.32. The molecular weight excluding hydrogens is 298 g/mol. The van der Waals surface area contributed by atoms with Crippen LogP contribution in [-0.2, 0) is 0 Å². The van der Waals surface area contributed by atoms with E-state index in [0.29, 0.717) is 5.92 Å². The van der Waals surface area contributed by atoms with Crippen LogP contribution in [0.5, 0.6) is 0 Å². The molecule has 2 heteroatoms. The van der Waals surface area contributed by atoms with Crippen LogP contribution < -0.4 is 5.73 Å². The average molecular weight is 318 g/mol. The minimum Gasteiger partial charge on any atom is -0.324 e. The highest BCUT2D eigenvalue weighted by Gasteiger charge is 2.23. The summed E-state index contributed by atoms with van der Waals surface area (Å²) in [6.07, 6.45) is 6.63. The maximum absolute atomic E-state index is 6.57. The molecule has 0 bridgehead atoms. The van der Waals surface area contributed by atoms with E-state index in [1.165, 1.54) is 48.4 Å². The van der Waals surface area contributed by atoms with Crippen LogP contribution in [0.4, 0.5) is 0 Å². The first-order valence-corrected chi connectivity index (χ1v) is 7.99. The third kappa shape index (κ3) is 2.56. The number of rotatable bonds is 2. The molecule has 19 heavy (non-hydrogen) atoms. The Morgan fingerprint density at radius 2 is 1.63 bits per heavy atom. The second-order valence-electron chi connectivity index (χ2n) is 5.61. The summed E-state index contributed by atoms with van der Waals surface area (Å²) in [5.74, 6) is 0.651. The molecule has 0 saturated heterocycles. The summed E-state index contributed by atoms with van der Waals surface area (Å²) < 4.78 is 1.16. The third-order valence-corrected chi connectivity index (χ3v) is 5.11. The number of benzene rings is 2. The Bertz CT molecular complexity index is 572. The zero-order valence-corrected chi connectivity index (χ0v) is 12.7. The Kier molecular flexibility index (Phi) is 3.90. The van der Waals surface area contributed by atoms with Crippen molar-refractivity contribution in [3.05, 3.63) is 46.4 Å². The van der Waals surface area contributed by atoms with E-state index in [4.69, 9.17) is 5.73 Å². The summed E-state index contributed by atoms with van der Waals surface area (Å²) in [5.41, 5.74) is 7.88. The van der Waals surface area contributed by atoms with E-state index < -0.39 is 0 Å². The van der Waals surface area contributed by atoms with Gasteiger partial charge in [-0.05, 0) is 41.2 Å². The van der Waals surface area contributed by atoms with Gasteiger partial charge in [-0.1, -0.05) is 65.5 Å². The van der Waals surface area contributed by atoms with E-state index in [-0.39, 0.29) is 6.04 Å². The van der Waals surface area contributed by atoms with Crippen molar-refractivity contribution in [1.29, 1.82) is 0 Å². The maximum Gasteiger partial charge on any atom is 0.0329 e. The largest absolute Gasteiger partial charge is 0.324 e. The van der Waals surface area contributed by atoms with Crippen molar-refractivity contribution in [2.75, 3.05) is 0 Å². The van der Waals surface area contributed by atoms with E-state index >= 15 is 0 Å². The van der Waals surface area contributed by atoms with Gasteiger partial charge in [0.15, 0.2) is 0 Å². The molecule has 0 amide bonds. The van der Waals surface area contributed by atoms with Crippen LogP contribution in [0.1, 0.15) is 43.7 Å².